The van der Waals surface area contributed by atoms with Gasteiger partial charge in [-0.3, -0.25) is 10.1 Å². The number of benzene rings is 1. The second kappa shape index (κ2) is 6.16. The smallest absolute Gasteiger partial charge is 0.310 e. The first kappa shape index (κ1) is 14.0. The van der Waals surface area contributed by atoms with Gasteiger partial charge in [-0.1, -0.05) is 6.07 Å². The maximum atomic E-state index is 10.9. The van der Waals surface area contributed by atoms with Crippen molar-refractivity contribution >= 4 is 5.69 Å². The maximum Gasteiger partial charge on any atom is 0.310 e. The Kier molecular flexibility index (Phi) is 4.31. The van der Waals surface area contributed by atoms with Gasteiger partial charge in [-0.15, -0.1) is 0 Å². The van der Waals surface area contributed by atoms with E-state index < -0.39 is 4.92 Å². The van der Waals surface area contributed by atoms with Crippen molar-refractivity contribution in [2.75, 3.05) is 6.61 Å². The predicted molar refractivity (Wildman–Crippen MR) is 73.4 cm³/mol. The van der Waals surface area contributed by atoms with Gasteiger partial charge in [0, 0.05) is 38.5 Å². The Balaban J connectivity index is 2.07. The van der Waals surface area contributed by atoms with Gasteiger partial charge < -0.3 is 15.0 Å². The van der Waals surface area contributed by atoms with Crippen molar-refractivity contribution in [3.05, 3.63) is 52.1 Å². The molecule has 0 saturated heterocycles. The predicted octanol–water partition coefficient (Wildman–Crippen LogP) is 1.41. The third kappa shape index (κ3) is 3.12. The zero-order valence-electron chi connectivity index (χ0n) is 11.2. The van der Waals surface area contributed by atoms with Crippen molar-refractivity contribution in [1.29, 1.82) is 0 Å². The van der Waals surface area contributed by atoms with Crippen molar-refractivity contribution in [1.82, 2.24) is 9.55 Å². The molecule has 0 saturated carbocycles. The van der Waals surface area contributed by atoms with E-state index in [9.17, 15) is 10.1 Å². The average Bonchev–Trinajstić information content (AvgIpc) is 2.84. The fourth-order valence-corrected chi connectivity index (χ4v) is 1.84. The minimum absolute atomic E-state index is 0.0537. The lowest BCUT2D eigenvalue weighted by molar-refractivity contribution is -0.385. The van der Waals surface area contributed by atoms with Gasteiger partial charge in [-0.25, -0.2) is 4.98 Å². The Hall–Kier alpha value is -2.41. The highest BCUT2D eigenvalue weighted by Crippen LogP contribution is 2.27. The minimum atomic E-state index is -0.462. The molecule has 0 spiro atoms. The summed E-state index contributed by atoms with van der Waals surface area (Å²) in [6.07, 6.45) is 4.12. The topological polar surface area (TPSA) is 96.2 Å². The molecule has 106 valence electrons. The lowest BCUT2D eigenvalue weighted by Gasteiger charge is -2.08. The molecule has 0 radical (unpaired) electrons. The Labute approximate surface area is 116 Å². The number of ether oxygens (including phenoxy) is 1. The van der Waals surface area contributed by atoms with Crippen LogP contribution in [0.25, 0.3) is 0 Å². The second-order valence-corrected chi connectivity index (χ2v) is 4.32. The number of rotatable bonds is 6. The van der Waals surface area contributed by atoms with Crippen LogP contribution in [0.3, 0.4) is 0 Å². The Morgan fingerprint density at radius 2 is 2.30 bits per heavy atom. The highest BCUT2D eigenvalue weighted by molar-refractivity contribution is 5.48. The summed E-state index contributed by atoms with van der Waals surface area (Å²) in [5.74, 6) is 1.11. The van der Waals surface area contributed by atoms with E-state index in [1.165, 1.54) is 6.07 Å². The summed E-state index contributed by atoms with van der Waals surface area (Å²) in [4.78, 5) is 14.7. The van der Waals surface area contributed by atoms with Crippen molar-refractivity contribution in [2.45, 2.75) is 13.0 Å². The van der Waals surface area contributed by atoms with Gasteiger partial charge in [-0.2, -0.15) is 0 Å². The van der Waals surface area contributed by atoms with Crippen LogP contribution in [-0.4, -0.2) is 21.1 Å². The molecule has 2 rings (SSSR count). The van der Waals surface area contributed by atoms with Crippen molar-refractivity contribution in [2.24, 2.45) is 12.8 Å². The molecule has 2 aromatic rings. The van der Waals surface area contributed by atoms with E-state index in [0.29, 0.717) is 19.6 Å². The summed E-state index contributed by atoms with van der Waals surface area (Å²) in [6, 6.07) is 4.65. The monoisotopic (exact) mass is 276 g/mol. The van der Waals surface area contributed by atoms with Crippen LogP contribution in [0.1, 0.15) is 11.4 Å². The van der Waals surface area contributed by atoms with Crippen LogP contribution in [0.5, 0.6) is 5.75 Å². The molecule has 1 aromatic carbocycles. The van der Waals surface area contributed by atoms with E-state index in [-0.39, 0.29) is 11.4 Å². The van der Waals surface area contributed by atoms with Crippen LogP contribution in [0.2, 0.25) is 0 Å². The average molecular weight is 276 g/mol. The molecule has 0 aliphatic heterocycles. The van der Waals surface area contributed by atoms with Gasteiger partial charge in [0.1, 0.15) is 5.82 Å². The van der Waals surface area contributed by atoms with Crippen LogP contribution in [0.4, 0.5) is 5.69 Å². The molecule has 0 amide bonds. The Morgan fingerprint density at radius 1 is 1.50 bits per heavy atom. The van der Waals surface area contributed by atoms with Crippen LogP contribution < -0.4 is 10.5 Å². The molecule has 0 unspecified atom stereocenters. The van der Waals surface area contributed by atoms with E-state index in [1.54, 1.807) is 18.3 Å². The van der Waals surface area contributed by atoms with Gasteiger partial charge in [0.15, 0.2) is 5.75 Å². The summed E-state index contributed by atoms with van der Waals surface area (Å²) in [5.41, 5.74) is 6.27. The van der Waals surface area contributed by atoms with E-state index in [0.717, 1.165) is 11.4 Å². The van der Waals surface area contributed by atoms with Crippen LogP contribution in [0, 0.1) is 10.1 Å². The highest BCUT2D eigenvalue weighted by Gasteiger charge is 2.15. The summed E-state index contributed by atoms with van der Waals surface area (Å²) in [7, 11) is 1.89. The molecule has 1 aromatic heterocycles. The SMILES string of the molecule is Cn1ccnc1CCOc1cc(CN)ccc1[N+](=O)[O-]. The van der Waals surface area contributed by atoms with Crippen LogP contribution >= 0.6 is 0 Å². The number of aromatic nitrogens is 2. The largest absolute Gasteiger partial charge is 0.486 e. The van der Waals surface area contributed by atoms with Gasteiger partial charge in [-0.05, 0) is 11.6 Å². The molecule has 0 aliphatic rings. The molecular formula is C13H16N4O3. The van der Waals surface area contributed by atoms with Crippen molar-refractivity contribution in [3.63, 3.8) is 0 Å². The van der Waals surface area contributed by atoms with Gasteiger partial charge in [0.25, 0.3) is 0 Å². The van der Waals surface area contributed by atoms with Crippen LogP contribution in [-0.2, 0) is 20.0 Å². The third-order valence-corrected chi connectivity index (χ3v) is 2.96. The van der Waals surface area contributed by atoms with E-state index in [4.69, 9.17) is 10.5 Å². The quantitative estimate of drug-likeness (QED) is 0.635. The van der Waals surface area contributed by atoms with Crippen LogP contribution in [0.15, 0.2) is 30.6 Å². The molecule has 0 atom stereocenters. The number of imidazole rings is 1. The summed E-state index contributed by atoms with van der Waals surface area (Å²) in [5, 5.41) is 10.9. The fraction of sp³-hybridized carbons (Fsp3) is 0.308. The first-order valence-corrected chi connectivity index (χ1v) is 6.18. The van der Waals surface area contributed by atoms with Gasteiger partial charge in [0.05, 0.1) is 11.5 Å². The first-order chi connectivity index (χ1) is 9.61. The summed E-state index contributed by atoms with van der Waals surface area (Å²) < 4.78 is 7.40. The van der Waals surface area contributed by atoms with E-state index >= 15 is 0 Å². The third-order valence-electron chi connectivity index (χ3n) is 2.96. The molecule has 0 bridgehead atoms. The van der Waals surface area contributed by atoms with Crippen molar-refractivity contribution < 1.29 is 9.66 Å². The van der Waals surface area contributed by atoms with E-state index in [2.05, 4.69) is 4.98 Å². The molecule has 7 heteroatoms. The standard InChI is InChI=1S/C13H16N4O3/c1-16-6-5-15-13(16)4-7-20-12-8-10(9-14)2-3-11(12)17(18)19/h2-3,5-6,8H,4,7,9,14H2,1H3. The fourth-order valence-electron chi connectivity index (χ4n) is 1.84. The summed E-state index contributed by atoms with van der Waals surface area (Å²) in [6.45, 7) is 0.632. The molecule has 7 nitrogen and oxygen atoms in total. The zero-order chi connectivity index (χ0) is 14.5. The lowest BCUT2D eigenvalue weighted by Crippen LogP contribution is -2.08. The number of nitrogens with zero attached hydrogens (tertiary/aromatic N) is 3. The number of nitro benzene ring substituents is 1. The molecule has 2 N–H and O–H groups in total. The Bertz CT molecular complexity index is 609. The highest BCUT2D eigenvalue weighted by atomic mass is 16.6. The summed E-state index contributed by atoms with van der Waals surface area (Å²) >= 11 is 0. The number of hydrogen-bond acceptors (Lipinski definition) is 5. The molecule has 0 fully saturated rings. The molecular weight excluding hydrogens is 260 g/mol. The normalized spacial score (nSPS) is 10.5. The zero-order valence-corrected chi connectivity index (χ0v) is 11.2. The second-order valence-electron chi connectivity index (χ2n) is 4.32. The first-order valence-electron chi connectivity index (χ1n) is 6.18. The lowest BCUT2D eigenvalue weighted by atomic mass is 10.2. The van der Waals surface area contributed by atoms with Gasteiger partial charge >= 0.3 is 5.69 Å². The number of nitrogens with two attached hydrogens (primary N) is 1. The van der Waals surface area contributed by atoms with Crippen molar-refractivity contribution in [3.8, 4) is 5.75 Å². The van der Waals surface area contributed by atoms with Gasteiger partial charge in [0.2, 0.25) is 0 Å². The molecule has 0 aliphatic carbocycles. The number of aryl methyl sites for hydroxylation is 1. The Morgan fingerprint density at radius 3 is 2.90 bits per heavy atom. The maximum absolute atomic E-state index is 10.9. The molecule has 1 heterocycles. The number of nitro groups is 1. The molecule has 20 heavy (non-hydrogen) atoms. The van der Waals surface area contributed by atoms with E-state index in [1.807, 2.05) is 17.8 Å². The number of hydrogen-bond donors (Lipinski definition) is 1. The minimum Gasteiger partial charge on any atom is -0.486 e.